The van der Waals surface area contributed by atoms with Crippen LogP contribution in [0, 0.1) is 28.6 Å². The zero-order valence-electron chi connectivity index (χ0n) is 13.7. The van der Waals surface area contributed by atoms with Crippen molar-refractivity contribution < 1.29 is 4.79 Å². The van der Waals surface area contributed by atoms with E-state index in [1.165, 1.54) is 0 Å². The van der Waals surface area contributed by atoms with Crippen LogP contribution in [0.2, 0.25) is 5.02 Å². The highest BCUT2D eigenvalue weighted by Crippen LogP contribution is 2.34. The molecule has 2 aromatic rings. The number of carbonyl (C=O) groups excluding carboxylic acids is 1. The summed E-state index contributed by atoms with van der Waals surface area (Å²) in [5.41, 5.74) is 2.82. The van der Waals surface area contributed by atoms with Gasteiger partial charge < -0.3 is 4.90 Å². The minimum atomic E-state index is 0.0180. The van der Waals surface area contributed by atoms with E-state index in [9.17, 15) is 4.79 Å². The number of rotatable bonds is 3. The van der Waals surface area contributed by atoms with Crippen molar-refractivity contribution in [3.63, 3.8) is 0 Å². The van der Waals surface area contributed by atoms with Crippen LogP contribution < -0.4 is 4.90 Å². The van der Waals surface area contributed by atoms with Crippen molar-refractivity contribution in [2.75, 3.05) is 4.90 Å². The zero-order chi connectivity index (χ0) is 18.0. The Morgan fingerprint density at radius 1 is 1.16 bits per heavy atom. The molecule has 4 nitrogen and oxygen atoms in total. The summed E-state index contributed by atoms with van der Waals surface area (Å²) >= 11 is 6.14. The molecule has 25 heavy (non-hydrogen) atoms. The summed E-state index contributed by atoms with van der Waals surface area (Å²) in [6, 6.07) is 16.7. The van der Waals surface area contributed by atoms with E-state index in [0.29, 0.717) is 29.0 Å². The number of anilines is 1. The van der Waals surface area contributed by atoms with Crippen LogP contribution in [-0.2, 0) is 11.2 Å². The number of benzene rings is 2. The number of nitrogens with zero attached hydrogens (tertiary/aromatic N) is 3. The van der Waals surface area contributed by atoms with Crippen LogP contribution in [0.4, 0.5) is 5.69 Å². The van der Waals surface area contributed by atoms with Crippen LogP contribution in [0.15, 0.2) is 42.5 Å². The van der Waals surface area contributed by atoms with E-state index in [4.69, 9.17) is 22.1 Å². The van der Waals surface area contributed by atoms with Crippen LogP contribution >= 0.6 is 11.6 Å². The second-order valence-corrected chi connectivity index (χ2v) is 6.71. The summed E-state index contributed by atoms with van der Waals surface area (Å²) < 4.78 is 0. The van der Waals surface area contributed by atoms with Gasteiger partial charge in [-0.25, -0.2) is 0 Å². The lowest BCUT2D eigenvalue weighted by Crippen LogP contribution is -2.36. The van der Waals surface area contributed by atoms with Crippen molar-refractivity contribution in [1.82, 2.24) is 0 Å². The molecule has 3 rings (SSSR count). The first kappa shape index (κ1) is 17.0. The number of hydrogen-bond acceptors (Lipinski definition) is 3. The molecule has 124 valence electrons. The molecule has 1 saturated heterocycles. The van der Waals surface area contributed by atoms with E-state index in [1.54, 1.807) is 35.2 Å². The van der Waals surface area contributed by atoms with E-state index < -0.39 is 0 Å². The molecular formula is C20H16ClN3O. The molecule has 2 atom stereocenters. The average Bonchev–Trinajstić information content (AvgIpc) is 2.89. The molecule has 0 N–H and O–H groups in total. The van der Waals surface area contributed by atoms with Crippen molar-refractivity contribution in [1.29, 1.82) is 10.5 Å². The Hall–Kier alpha value is -2.82. The Bertz CT molecular complexity index is 893. The van der Waals surface area contributed by atoms with Gasteiger partial charge >= 0.3 is 0 Å². The second-order valence-electron chi connectivity index (χ2n) is 6.30. The molecule has 5 heteroatoms. The Kier molecular flexibility index (Phi) is 4.74. The van der Waals surface area contributed by atoms with Gasteiger partial charge in [0.1, 0.15) is 6.07 Å². The standard InChI is InChI=1S/C20H16ClN3O/c1-13-8-20(25)24(17-7-6-16(12-23)18(21)10-17)19(13)9-14-2-4-15(11-22)5-3-14/h2-7,10,13,19H,8-9H2,1H3/t13-,19-/m0/s1. The maximum Gasteiger partial charge on any atom is 0.227 e. The lowest BCUT2D eigenvalue weighted by Gasteiger charge is -2.27. The minimum Gasteiger partial charge on any atom is -0.309 e. The summed E-state index contributed by atoms with van der Waals surface area (Å²) in [6.45, 7) is 2.07. The second kappa shape index (κ2) is 6.97. The Balaban J connectivity index is 1.90. The van der Waals surface area contributed by atoms with Crippen molar-refractivity contribution in [2.24, 2.45) is 5.92 Å². The summed E-state index contributed by atoms with van der Waals surface area (Å²) in [5, 5.41) is 18.3. The third-order valence-corrected chi connectivity index (χ3v) is 4.95. The van der Waals surface area contributed by atoms with Crippen LogP contribution in [0.5, 0.6) is 0 Å². The van der Waals surface area contributed by atoms with E-state index in [1.807, 2.05) is 18.2 Å². The van der Waals surface area contributed by atoms with Crippen molar-refractivity contribution in [3.05, 3.63) is 64.2 Å². The summed E-state index contributed by atoms with van der Waals surface area (Å²) in [4.78, 5) is 14.3. The molecule has 0 spiro atoms. The molecule has 0 radical (unpaired) electrons. The normalized spacial score (nSPS) is 19.5. The predicted octanol–water partition coefficient (Wildman–Crippen LogP) is 4.07. The molecule has 1 fully saturated rings. The van der Waals surface area contributed by atoms with E-state index in [2.05, 4.69) is 13.0 Å². The molecular weight excluding hydrogens is 334 g/mol. The van der Waals surface area contributed by atoms with Gasteiger partial charge in [-0.15, -0.1) is 0 Å². The van der Waals surface area contributed by atoms with Crippen LogP contribution in [0.3, 0.4) is 0 Å². The first-order chi connectivity index (χ1) is 12.0. The van der Waals surface area contributed by atoms with Crippen LogP contribution in [-0.4, -0.2) is 11.9 Å². The molecule has 0 unspecified atom stereocenters. The topological polar surface area (TPSA) is 67.9 Å². The summed E-state index contributed by atoms with van der Waals surface area (Å²) in [5.74, 6) is 0.268. The molecule has 1 aliphatic rings. The number of nitriles is 2. The van der Waals surface area contributed by atoms with Crippen molar-refractivity contribution in [2.45, 2.75) is 25.8 Å². The zero-order valence-corrected chi connectivity index (χ0v) is 14.5. The fraction of sp³-hybridized carbons (Fsp3) is 0.250. The minimum absolute atomic E-state index is 0.0180. The molecule has 0 saturated carbocycles. The number of carbonyl (C=O) groups is 1. The fourth-order valence-electron chi connectivity index (χ4n) is 3.28. The van der Waals surface area contributed by atoms with Gasteiger partial charge in [0.15, 0.2) is 0 Å². The third kappa shape index (κ3) is 3.36. The highest BCUT2D eigenvalue weighted by atomic mass is 35.5. The highest BCUT2D eigenvalue weighted by molar-refractivity contribution is 6.32. The summed E-state index contributed by atoms with van der Waals surface area (Å²) in [6.07, 6.45) is 1.19. The van der Waals surface area contributed by atoms with Crippen molar-refractivity contribution in [3.8, 4) is 12.1 Å². The van der Waals surface area contributed by atoms with Gasteiger partial charge in [-0.05, 0) is 48.2 Å². The monoisotopic (exact) mass is 349 g/mol. The van der Waals surface area contributed by atoms with Gasteiger partial charge in [-0.1, -0.05) is 30.7 Å². The van der Waals surface area contributed by atoms with Crippen LogP contribution in [0.25, 0.3) is 0 Å². The number of hydrogen-bond donors (Lipinski definition) is 0. The molecule has 0 aromatic heterocycles. The van der Waals surface area contributed by atoms with Gasteiger partial charge in [0.05, 0.1) is 22.2 Å². The Labute approximate surface area is 151 Å². The quantitative estimate of drug-likeness (QED) is 0.838. The first-order valence-electron chi connectivity index (χ1n) is 8.04. The Morgan fingerprint density at radius 3 is 2.48 bits per heavy atom. The van der Waals surface area contributed by atoms with E-state index in [-0.39, 0.29) is 17.9 Å². The molecule has 1 amide bonds. The molecule has 0 bridgehead atoms. The summed E-state index contributed by atoms with van der Waals surface area (Å²) in [7, 11) is 0. The van der Waals surface area contributed by atoms with E-state index >= 15 is 0 Å². The van der Waals surface area contributed by atoms with Crippen molar-refractivity contribution >= 4 is 23.2 Å². The van der Waals surface area contributed by atoms with E-state index in [0.717, 1.165) is 11.3 Å². The average molecular weight is 350 g/mol. The van der Waals surface area contributed by atoms with Crippen LogP contribution in [0.1, 0.15) is 30.0 Å². The SMILES string of the molecule is C[C@H]1CC(=O)N(c2ccc(C#N)c(Cl)c2)[C@H]1Cc1ccc(C#N)cc1. The number of amides is 1. The maximum absolute atomic E-state index is 12.5. The highest BCUT2D eigenvalue weighted by Gasteiger charge is 2.38. The van der Waals surface area contributed by atoms with Gasteiger partial charge in [-0.2, -0.15) is 10.5 Å². The van der Waals surface area contributed by atoms with Gasteiger partial charge in [0.2, 0.25) is 5.91 Å². The fourth-order valence-corrected chi connectivity index (χ4v) is 3.50. The lowest BCUT2D eigenvalue weighted by atomic mass is 9.95. The Morgan fingerprint density at radius 2 is 1.88 bits per heavy atom. The molecule has 1 aliphatic heterocycles. The maximum atomic E-state index is 12.5. The molecule has 2 aromatic carbocycles. The molecule has 0 aliphatic carbocycles. The predicted molar refractivity (Wildman–Crippen MR) is 96.1 cm³/mol. The largest absolute Gasteiger partial charge is 0.309 e. The number of halogens is 1. The molecule has 1 heterocycles. The van der Waals surface area contributed by atoms with Gasteiger partial charge in [0.25, 0.3) is 0 Å². The third-order valence-electron chi connectivity index (χ3n) is 4.63. The van der Waals surface area contributed by atoms with Gasteiger partial charge in [-0.3, -0.25) is 4.79 Å². The first-order valence-corrected chi connectivity index (χ1v) is 8.42. The van der Waals surface area contributed by atoms with Gasteiger partial charge in [0, 0.05) is 18.2 Å². The smallest absolute Gasteiger partial charge is 0.227 e. The lowest BCUT2D eigenvalue weighted by molar-refractivity contribution is -0.117.